The van der Waals surface area contributed by atoms with Crippen molar-refractivity contribution in [1.82, 2.24) is 29.7 Å². The minimum atomic E-state index is -4.68. The Kier molecular flexibility index (Phi) is 3.81. The Morgan fingerprint density at radius 2 is 2.03 bits per heavy atom. The normalized spacial score (nSPS) is 21.3. The van der Waals surface area contributed by atoms with Crippen molar-refractivity contribution in [2.45, 2.75) is 24.7 Å². The van der Waals surface area contributed by atoms with E-state index in [-0.39, 0.29) is 11.2 Å². The standard InChI is InChI=1S/C17H17F3N8O/c1-26-8-12(14(25-26)17(18,19)20)23-16(29)11-5-21-28-3-2-13(24-15(11)28)27-6-9-4-10(7-27)22-9/h2-3,5,8-10,22H,4,6-7H2,1H3,(H,23,29). The van der Waals surface area contributed by atoms with Crippen LogP contribution in [0.2, 0.25) is 0 Å². The van der Waals surface area contributed by atoms with E-state index in [1.54, 1.807) is 6.20 Å². The van der Waals surface area contributed by atoms with Gasteiger partial charge >= 0.3 is 6.18 Å². The molecule has 2 unspecified atom stereocenters. The van der Waals surface area contributed by atoms with E-state index >= 15 is 0 Å². The Morgan fingerprint density at radius 1 is 1.31 bits per heavy atom. The molecule has 152 valence electrons. The van der Waals surface area contributed by atoms with Crippen LogP contribution in [-0.2, 0) is 13.2 Å². The number of alkyl halides is 3. The summed E-state index contributed by atoms with van der Waals surface area (Å²) in [6.45, 7) is 1.64. The molecule has 0 radical (unpaired) electrons. The number of carbonyl (C=O) groups excluding carboxylic acids is 1. The van der Waals surface area contributed by atoms with Crippen LogP contribution in [0.25, 0.3) is 5.65 Å². The van der Waals surface area contributed by atoms with E-state index in [4.69, 9.17) is 0 Å². The Labute approximate surface area is 162 Å². The minimum absolute atomic E-state index is 0.0871. The SMILES string of the molecule is Cn1cc(NC(=O)c2cnn3ccc(N4CC5CC(C4)N5)nc23)c(C(F)(F)F)n1. The molecule has 2 bridgehead atoms. The number of nitrogens with one attached hydrogen (secondary N) is 2. The van der Waals surface area contributed by atoms with Crippen LogP contribution in [0.3, 0.4) is 0 Å². The van der Waals surface area contributed by atoms with Crippen molar-refractivity contribution in [3.05, 3.63) is 35.9 Å². The minimum Gasteiger partial charge on any atom is -0.353 e. The van der Waals surface area contributed by atoms with Gasteiger partial charge in [-0.25, -0.2) is 9.50 Å². The van der Waals surface area contributed by atoms with Crippen molar-refractivity contribution >= 4 is 23.1 Å². The molecule has 0 aliphatic carbocycles. The van der Waals surface area contributed by atoms with Gasteiger partial charge in [0, 0.05) is 44.6 Å². The van der Waals surface area contributed by atoms with Gasteiger partial charge in [-0.1, -0.05) is 0 Å². The number of anilines is 2. The zero-order valence-electron chi connectivity index (χ0n) is 15.3. The molecule has 3 fully saturated rings. The first-order valence-corrected chi connectivity index (χ1v) is 9.05. The number of hydrogen-bond donors (Lipinski definition) is 2. The lowest BCUT2D eigenvalue weighted by molar-refractivity contribution is -0.140. The molecule has 3 aliphatic rings. The smallest absolute Gasteiger partial charge is 0.353 e. The number of halogens is 3. The monoisotopic (exact) mass is 406 g/mol. The summed E-state index contributed by atoms with van der Waals surface area (Å²) in [7, 11) is 1.35. The summed E-state index contributed by atoms with van der Waals surface area (Å²) in [6, 6.07) is 2.69. The van der Waals surface area contributed by atoms with Gasteiger partial charge in [0.25, 0.3) is 5.91 Å². The van der Waals surface area contributed by atoms with Crippen molar-refractivity contribution in [2.75, 3.05) is 23.3 Å². The number of rotatable bonds is 3. The highest BCUT2D eigenvalue weighted by Gasteiger charge is 2.38. The summed E-state index contributed by atoms with van der Waals surface area (Å²) in [5.74, 6) is -0.0214. The molecule has 0 spiro atoms. The first-order chi connectivity index (χ1) is 13.8. The molecule has 2 N–H and O–H groups in total. The molecule has 6 heterocycles. The molecule has 0 aromatic carbocycles. The maximum absolute atomic E-state index is 13.1. The van der Waals surface area contributed by atoms with Crippen molar-refractivity contribution in [2.24, 2.45) is 7.05 Å². The molecule has 3 aromatic rings. The van der Waals surface area contributed by atoms with E-state index in [1.165, 1.54) is 17.8 Å². The molecular weight excluding hydrogens is 389 g/mol. The Balaban J connectivity index is 1.44. The van der Waals surface area contributed by atoms with Gasteiger partial charge in [0.05, 0.1) is 11.9 Å². The van der Waals surface area contributed by atoms with Gasteiger partial charge in [-0.05, 0) is 12.5 Å². The number of nitrogens with zero attached hydrogens (tertiary/aromatic N) is 6. The lowest BCUT2D eigenvalue weighted by Crippen LogP contribution is -2.67. The second kappa shape index (κ2) is 6.17. The quantitative estimate of drug-likeness (QED) is 0.681. The lowest BCUT2D eigenvalue weighted by atomic mass is 9.91. The van der Waals surface area contributed by atoms with Gasteiger partial charge in [0.2, 0.25) is 0 Å². The molecule has 12 heteroatoms. The number of piperazine rings is 1. The third-order valence-corrected chi connectivity index (χ3v) is 5.19. The molecule has 2 atom stereocenters. The highest BCUT2D eigenvalue weighted by atomic mass is 19.4. The maximum atomic E-state index is 13.1. The fraction of sp³-hybridized carbons (Fsp3) is 0.412. The summed E-state index contributed by atoms with van der Waals surface area (Å²) in [5, 5.41) is 13.2. The molecule has 3 aliphatic heterocycles. The van der Waals surface area contributed by atoms with Crippen molar-refractivity contribution in [3.63, 3.8) is 0 Å². The summed E-state index contributed by atoms with van der Waals surface area (Å²) in [6.07, 6.45) is 0.553. The van der Waals surface area contributed by atoms with E-state index < -0.39 is 23.5 Å². The average molecular weight is 406 g/mol. The zero-order chi connectivity index (χ0) is 20.3. The first-order valence-electron chi connectivity index (χ1n) is 9.05. The third kappa shape index (κ3) is 3.09. The molecule has 6 rings (SSSR count). The second-order valence-electron chi connectivity index (χ2n) is 7.33. The third-order valence-electron chi connectivity index (χ3n) is 5.19. The summed E-state index contributed by atoms with van der Waals surface area (Å²) >= 11 is 0. The molecule has 9 nitrogen and oxygen atoms in total. The predicted octanol–water partition coefficient (Wildman–Crippen LogP) is 1.28. The summed E-state index contributed by atoms with van der Waals surface area (Å²) in [5.41, 5.74) is -1.20. The van der Waals surface area contributed by atoms with Crippen LogP contribution in [-0.4, -0.2) is 55.5 Å². The fourth-order valence-electron chi connectivity index (χ4n) is 3.88. The molecule has 3 aromatic heterocycles. The molecule has 1 amide bonds. The van der Waals surface area contributed by atoms with Crippen LogP contribution in [0.4, 0.5) is 24.7 Å². The van der Waals surface area contributed by atoms with Crippen LogP contribution >= 0.6 is 0 Å². The number of fused-ring (bicyclic) bond motifs is 3. The lowest BCUT2D eigenvalue weighted by Gasteiger charge is -2.48. The predicted molar refractivity (Wildman–Crippen MR) is 96.7 cm³/mol. The van der Waals surface area contributed by atoms with Gasteiger partial charge < -0.3 is 15.5 Å². The number of piperidine rings is 1. The molecule has 3 saturated heterocycles. The van der Waals surface area contributed by atoms with Crippen LogP contribution < -0.4 is 15.5 Å². The highest BCUT2D eigenvalue weighted by molar-refractivity contribution is 6.08. The summed E-state index contributed by atoms with van der Waals surface area (Å²) < 4.78 is 41.8. The number of aryl methyl sites for hydroxylation is 1. The second-order valence-corrected chi connectivity index (χ2v) is 7.33. The largest absolute Gasteiger partial charge is 0.437 e. The van der Waals surface area contributed by atoms with Gasteiger partial charge in [0.15, 0.2) is 11.3 Å². The van der Waals surface area contributed by atoms with Crippen molar-refractivity contribution in [1.29, 1.82) is 0 Å². The average Bonchev–Trinajstić information content (AvgIpc) is 3.23. The van der Waals surface area contributed by atoms with Crippen LogP contribution in [0.15, 0.2) is 24.7 Å². The first kappa shape index (κ1) is 17.9. The van der Waals surface area contributed by atoms with Crippen LogP contribution in [0.1, 0.15) is 22.5 Å². The maximum Gasteiger partial charge on any atom is 0.437 e. The van der Waals surface area contributed by atoms with Gasteiger partial charge in [-0.3, -0.25) is 9.48 Å². The van der Waals surface area contributed by atoms with Gasteiger partial charge in [0.1, 0.15) is 11.4 Å². The van der Waals surface area contributed by atoms with Crippen LogP contribution in [0, 0.1) is 0 Å². The van der Waals surface area contributed by atoms with Gasteiger partial charge in [-0.15, -0.1) is 0 Å². The van der Waals surface area contributed by atoms with E-state index in [2.05, 4.69) is 30.7 Å². The highest BCUT2D eigenvalue weighted by Crippen LogP contribution is 2.33. The van der Waals surface area contributed by atoms with Crippen LogP contribution in [0.5, 0.6) is 0 Å². The molecular formula is C17H17F3N8O. The number of carbonyl (C=O) groups is 1. The number of amides is 1. The van der Waals surface area contributed by atoms with E-state index in [9.17, 15) is 18.0 Å². The summed E-state index contributed by atoms with van der Waals surface area (Å²) in [4.78, 5) is 19.4. The Morgan fingerprint density at radius 3 is 2.72 bits per heavy atom. The van der Waals surface area contributed by atoms with Gasteiger partial charge in [-0.2, -0.15) is 23.4 Å². The molecule has 29 heavy (non-hydrogen) atoms. The van der Waals surface area contributed by atoms with Crippen molar-refractivity contribution < 1.29 is 18.0 Å². The van der Waals surface area contributed by atoms with E-state index in [1.807, 2.05) is 6.07 Å². The molecule has 0 saturated carbocycles. The topological polar surface area (TPSA) is 92.4 Å². The fourth-order valence-corrected chi connectivity index (χ4v) is 3.88. The number of hydrogen-bond acceptors (Lipinski definition) is 6. The Bertz CT molecular complexity index is 1090. The number of aromatic nitrogens is 5. The van der Waals surface area contributed by atoms with E-state index in [0.717, 1.165) is 30.4 Å². The zero-order valence-corrected chi connectivity index (χ0v) is 15.3. The van der Waals surface area contributed by atoms with Crippen molar-refractivity contribution in [3.8, 4) is 0 Å². The van der Waals surface area contributed by atoms with E-state index in [0.29, 0.717) is 17.9 Å². The Hall–Kier alpha value is -3.15.